The number of carbonyl (C=O) groups is 1. The largest absolute Gasteiger partial charge is 0.353 e. The van der Waals surface area contributed by atoms with Crippen LogP contribution >= 0.6 is 23.7 Å². The second-order valence-electron chi connectivity index (χ2n) is 5.50. The maximum Gasteiger partial charge on any atom is 0.227 e. The van der Waals surface area contributed by atoms with Crippen LogP contribution in [0, 0.1) is 5.41 Å². The van der Waals surface area contributed by atoms with Crippen molar-refractivity contribution in [3.05, 3.63) is 22.4 Å². The van der Waals surface area contributed by atoms with Gasteiger partial charge in [-0.05, 0) is 44.7 Å². The average molecular weight is 303 g/mol. The van der Waals surface area contributed by atoms with E-state index in [9.17, 15) is 4.79 Å². The summed E-state index contributed by atoms with van der Waals surface area (Å²) < 4.78 is 0. The fraction of sp³-hybridized carbons (Fsp3) is 0.643. The maximum absolute atomic E-state index is 12.3. The van der Waals surface area contributed by atoms with Crippen LogP contribution < -0.4 is 10.6 Å². The summed E-state index contributed by atoms with van der Waals surface area (Å²) in [5.74, 6) is 0.193. The molecule has 1 aromatic rings. The molecule has 0 aliphatic carbocycles. The molecule has 1 aromatic heterocycles. The van der Waals surface area contributed by atoms with Crippen molar-refractivity contribution < 1.29 is 4.79 Å². The number of carbonyl (C=O) groups excluding carboxylic acids is 1. The Balaban J connectivity index is 0.00000180. The van der Waals surface area contributed by atoms with Crippen molar-refractivity contribution >= 4 is 29.7 Å². The zero-order valence-corrected chi connectivity index (χ0v) is 13.2. The van der Waals surface area contributed by atoms with Gasteiger partial charge in [0, 0.05) is 23.9 Å². The van der Waals surface area contributed by atoms with Gasteiger partial charge in [-0.15, -0.1) is 23.7 Å². The molecule has 1 fully saturated rings. The summed E-state index contributed by atoms with van der Waals surface area (Å²) in [4.78, 5) is 13.6. The predicted molar refractivity (Wildman–Crippen MR) is 83.1 cm³/mol. The molecule has 1 amide bonds. The standard InChI is InChI=1S/C14H22N2OS.ClH/c1-11(9-12-5-3-8-18-12)16-13(17)14(2)6-4-7-15-10-14;/h3,5,8,11,15H,4,6-7,9-10H2,1-2H3,(H,16,17);1H. The van der Waals surface area contributed by atoms with E-state index in [1.807, 2.05) is 0 Å². The van der Waals surface area contributed by atoms with Crippen molar-refractivity contribution in [3.63, 3.8) is 0 Å². The van der Waals surface area contributed by atoms with E-state index >= 15 is 0 Å². The lowest BCUT2D eigenvalue weighted by atomic mass is 9.81. The van der Waals surface area contributed by atoms with E-state index in [1.165, 1.54) is 4.88 Å². The molecule has 0 saturated carbocycles. The Labute approximate surface area is 125 Å². The van der Waals surface area contributed by atoms with Crippen molar-refractivity contribution in [2.45, 2.75) is 39.2 Å². The van der Waals surface area contributed by atoms with Gasteiger partial charge in [-0.2, -0.15) is 0 Å². The normalized spacial score (nSPS) is 24.3. The minimum Gasteiger partial charge on any atom is -0.353 e. The molecule has 2 atom stereocenters. The molecule has 3 nitrogen and oxygen atoms in total. The summed E-state index contributed by atoms with van der Waals surface area (Å²) in [5.41, 5.74) is -0.234. The van der Waals surface area contributed by atoms with Crippen LogP contribution in [0.3, 0.4) is 0 Å². The zero-order valence-electron chi connectivity index (χ0n) is 11.6. The molecule has 0 bridgehead atoms. The molecule has 2 unspecified atom stereocenters. The highest BCUT2D eigenvalue weighted by molar-refractivity contribution is 7.09. The van der Waals surface area contributed by atoms with Crippen LogP contribution in [0.1, 0.15) is 31.6 Å². The topological polar surface area (TPSA) is 41.1 Å². The van der Waals surface area contributed by atoms with Gasteiger partial charge in [0.05, 0.1) is 5.41 Å². The van der Waals surface area contributed by atoms with Crippen molar-refractivity contribution in [1.29, 1.82) is 0 Å². The van der Waals surface area contributed by atoms with Crippen molar-refractivity contribution in [1.82, 2.24) is 10.6 Å². The highest BCUT2D eigenvalue weighted by atomic mass is 35.5. The quantitative estimate of drug-likeness (QED) is 0.897. The predicted octanol–water partition coefficient (Wildman–Crippen LogP) is 2.61. The molecular weight excluding hydrogens is 280 g/mol. The molecule has 2 rings (SSSR count). The van der Waals surface area contributed by atoms with Gasteiger partial charge < -0.3 is 10.6 Å². The number of amides is 1. The van der Waals surface area contributed by atoms with E-state index in [2.05, 4.69) is 42.0 Å². The molecule has 2 heterocycles. The Bertz CT molecular complexity index is 388. The fourth-order valence-corrected chi connectivity index (χ4v) is 3.26. The van der Waals surface area contributed by atoms with Crippen LogP contribution in [0.15, 0.2) is 17.5 Å². The minimum atomic E-state index is -0.234. The molecule has 0 spiro atoms. The summed E-state index contributed by atoms with van der Waals surface area (Å²) in [6, 6.07) is 4.38. The maximum atomic E-state index is 12.3. The second-order valence-corrected chi connectivity index (χ2v) is 6.53. The summed E-state index contributed by atoms with van der Waals surface area (Å²) in [5, 5.41) is 8.55. The smallest absolute Gasteiger partial charge is 0.227 e. The van der Waals surface area contributed by atoms with E-state index in [0.29, 0.717) is 0 Å². The van der Waals surface area contributed by atoms with Crippen LogP contribution in [0.5, 0.6) is 0 Å². The SMILES string of the molecule is CC(Cc1cccs1)NC(=O)C1(C)CCCNC1.Cl. The molecule has 5 heteroatoms. The van der Waals surface area contributed by atoms with E-state index < -0.39 is 0 Å². The summed E-state index contributed by atoms with van der Waals surface area (Å²) in [6.07, 6.45) is 2.99. The Morgan fingerprint density at radius 3 is 3.00 bits per heavy atom. The number of thiophene rings is 1. The third kappa shape index (κ3) is 4.48. The average Bonchev–Trinajstić information content (AvgIpc) is 2.82. The molecule has 1 aliphatic heterocycles. The van der Waals surface area contributed by atoms with Gasteiger partial charge in [0.25, 0.3) is 0 Å². The number of hydrogen-bond acceptors (Lipinski definition) is 3. The number of piperidine rings is 1. The first-order valence-electron chi connectivity index (χ1n) is 6.64. The van der Waals surface area contributed by atoms with Gasteiger partial charge in [0.15, 0.2) is 0 Å². The second kappa shape index (κ2) is 7.27. The lowest BCUT2D eigenvalue weighted by molar-refractivity contribution is -0.131. The molecule has 0 radical (unpaired) electrons. The molecule has 108 valence electrons. The van der Waals surface area contributed by atoms with Crippen LogP contribution in [-0.4, -0.2) is 25.0 Å². The van der Waals surface area contributed by atoms with Crippen LogP contribution in [0.4, 0.5) is 0 Å². The summed E-state index contributed by atoms with van der Waals surface area (Å²) in [6.45, 7) is 5.97. The first-order valence-corrected chi connectivity index (χ1v) is 7.52. The first kappa shape index (κ1) is 16.5. The monoisotopic (exact) mass is 302 g/mol. The Morgan fingerprint density at radius 1 is 1.63 bits per heavy atom. The van der Waals surface area contributed by atoms with Gasteiger partial charge in [-0.3, -0.25) is 4.79 Å². The van der Waals surface area contributed by atoms with Crippen molar-refractivity contribution in [3.8, 4) is 0 Å². The molecule has 0 aromatic carbocycles. The number of rotatable bonds is 4. The highest BCUT2D eigenvalue weighted by Crippen LogP contribution is 2.25. The summed E-state index contributed by atoms with van der Waals surface area (Å²) in [7, 11) is 0. The van der Waals surface area contributed by atoms with E-state index in [-0.39, 0.29) is 29.8 Å². The lowest BCUT2D eigenvalue weighted by Gasteiger charge is -2.33. The van der Waals surface area contributed by atoms with Crippen LogP contribution in [0.2, 0.25) is 0 Å². The van der Waals surface area contributed by atoms with Crippen molar-refractivity contribution in [2.24, 2.45) is 5.41 Å². The Morgan fingerprint density at radius 2 is 2.42 bits per heavy atom. The molecule has 1 aliphatic rings. The fourth-order valence-electron chi connectivity index (χ4n) is 2.43. The van der Waals surface area contributed by atoms with Crippen LogP contribution in [0.25, 0.3) is 0 Å². The molecule has 1 saturated heterocycles. The Kier molecular flexibility index (Phi) is 6.30. The minimum absolute atomic E-state index is 0. The third-order valence-corrected chi connectivity index (χ3v) is 4.51. The van der Waals surface area contributed by atoms with Crippen molar-refractivity contribution in [2.75, 3.05) is 13.1 Å². The molecular formula is C14H23ClN2OS. The Hall–Kier alpha value is -0.580. The van der Waals surface area contributed by atoms with Crippen LogP contribution in [-0.2, 0) is 11.2 Å². The molecule has 2 N–H and O–H groups in total. The van der Waals surface area contributed by atoms with E-state index in [4.69, 9.17) is 0 Å². The third-order valence-electron chi connectivity index (χ3n) is 3.61. The number of hydrogen-bond donors (Lipinski definition) is 2. The van der Waals surface area contributed by atoms with Gasteiger partial charge >= 0.3 is 0 Å². The number of halogens is 1. The van der Waals surface area contributed by atoms with Gasteiger partial charge in [0.1, 0.15) is 0 Å². The zero-order chi connectivity index (χ0) is 13.0. The van der Waals surface area contributed by atoms with Gasteiger partial charge in [-0.25, -0.2) is 0 Å². The lowest BCUT2D eigenvalue weighted by Crippen LogP contribution is -2.51. The number of nitrogens with one attached hydrogen (secondary N) is 2. The molecule has 19 heavy (non-hydrogen) atoms. The van der Waals surface area contributed by atoms with E-state index in [1.54, 1.807) is 11.3 Å². The highest BCUT2D eigenvalue weighted by Gasteiger charge is 2.34. The van der Waals surface area contributed by atoms with E-state index in [0.717, 1.165) is 32.4 Å². The first-order chi connectivity index (χ1) is 8.60. The van der Waals surface area contributed by atoms with Gasteiger partial charge in [0.2, 0.25) is 5.91 Å². The van der Waals surface area contributed by atoms with Gasteiger partial charge in [-0.1, -0.05) is 6.07 Å². The summed E-state index contributed by atoms with van der Waals surface area (Å²) >= 11 is 1.75.